The summed E-state index contributed by atoms with van der Waals surface area (Å²) in [7, 11) is 0. The molecule has 166 valence electrons. The Morgan fingerprint density at radius 1 is 0.968 bits per heavy atom. The zero-order valence-corrected chi connectivity index (χ0v) is 18.4. The minimum atomic E-state index is -0.189. The number of anilines is 2. The minimum Gasteiger partial charge on any atom is -0.486 e. The van der Waals surface area contributed by atoms with E-state index in [1.165, 1.54) is 0 Å². The van der Waals surface area contributed by atoms with Gasteiger partial charge in [-0.05, 0) is 42.6 Å². The highest BCUT2D eigenvalue weighted by atomic mass is 16.6. The van der Waals surface area contributed by atoms with Gasteiger partial charge in [-0.3, -0.25) is 14.5 Å². The molecule has 0 aliphatic carbocycles. The second-order valence-electron chi connectivity index (χ2n) is 7.65. The van der Waals surface area contributed by atoms with Gasteiger partial charge in [0.2, 0.25) is 11.8 Å². The van der Waals surface area contributed by atoms with Crippen molar-refractivity contribution in [1.82, 2.24) is 4.90 Å². The maximum absolute atomic E-state index is 12.6. The Labute approximate surface area is 183 Å². The molecule has 7 heteroatoms. The number of carbonyl (C=O) groups excluding carboxylic acids is 2. The van der Waals surface area contributed by atoms with Crippen molar-refractivity contribution in [3.63, 3.8) is 0 Å². The second kappa shape index (κ2) is 10.8. The van der Waals surface area contributed by atoms with E-state index in [0.717, 1.165) is 17.7 Å². The van der Waals surface area contributed by atoms with Gasteiger partial charge in [-0.1, -0.05) is 39.0 Å². The van der Waals surface area contributed by atoms with E-state index in [-0.39, 0.29) is 24.9 Å². The number of likely N-dealkylation sites (N-methyl/N-ethyl adjacent to an activating group) is 1. The van der Waals surface area contributed by atoms with Gasteiger partial charge in [-0.15, -0.1) is 0 Å². The summed E-state index contributed by atoms with van der Waals surface area (Å²) < 4.78 is 11.0. The standard InChI is InChI=1S/C24H31N3O4/c1-4-17(3)19-8-6-7-9-20(19)26-24(29)16-27(5-2)15-23(28)25-18-10-11-21-22(14-18)31-13-12-30-21/h6-11,14,17H,4-5,12-13,15-16H2,1-3H3,(H,25,28)(H,26,29)/t17-/m1/s1. The van der Waals surface area contributed by atoms with Crippen molar-refractivity contribution >= 4 is 23.2 Å². The number of amides is 2. The van der Waals surface area contributed by atoms with Crippen LogP contribution in [0.1, 0.15) is 38.7 Å². The van der Waals surface area contributed by atoms with Gasteiger partial charge in [0.25, 0.3) is 0 Å². The molecule has 0 saturated carbocycles. The zero-order chi connectivity index (χ0) is 22.2. The van der Waals surface area contributed by atoms with Crippen LogP contribution in [0.15, 0.2) is 42.5 Å². The molecule has 7 nitrogen and oxygen atoms in total. The molecule has 0 saturated heterocycles. The largest absolute Gasteiger partial charge is 0.486 e. The topological polar surface area (TPSA) is 79.9 Å². The van der Waals surface area contributed by atoms with Crippen molar-refractivity contribution in [2.24, 2.45) is 0 Å². The third kappa shape index (κ3) is 6.21. The molecule has 0 radical (unpaired) electrons. The first-order valence-corrected chi connectivity index (χ1v) is 10.8. The fourth-order valence-electron chi connectivity index (χ4n) is 3.46. The summed E-state index contributed by atoms with van der Waals surface area (Å²) in [6.07, 6.45) is 0.994. The summed E-state index contributed by atoms with van der Waals surface area (Å²) >= 11 is 0. The number of benzene rings is 2. The van der Waals surface area contributed by atoms with Crippen LogP contribution in [0.2, 0.25) is 0 Å². The Bertz CT molecular complexity index is 915. The maximum atomic E-state index is 12.6. The van der Waals surface area contributed by atoms with Gasteiger partial charge in [0.1, 0.15) is 13.2 Å². The highest BCUT2D eigenvalue weighted by Gasteiger charge is 2.17. The molecule has 1 atom stereocenters. The molecule has 3 rings (SSSR count). The van der Waals surface area contributed by atoms with Gasteiger partial charge in [0, 0.05) is 17.4 Å². The number of fused-ring (bicyclic) bond motifs is 1. The van der Waals surface area contributed by atoms with Crippen LogP contribution in [0.25, 0.3) is 0 Å². The number of hydrogen-bond acceptors (Lipinski definition) is 5. The van der Waals surface area contributed by atoms with E-state index < -0.39 is 0 Å². The molecule has 0 bridgehead atoms. The maximum Gasteiger partial charge on any atom is 0.238 e. The minimum absolute atomic E-state index is 0.116. The van der Waals surface area contributed by atoms with Crippen molar-refractivity contribution in [1.29, 1.82) is 0 Å². The van der Waals surface area contributed by atoms with E-state index in [4.69, 9.17) is 9.47 Å². The Morgan fingerprint density at radius 2 is 1.65 bits per heavy atom. The van der Waals surface area contributed by atoms with Gasteiger partial charge in [0.05, 0.1) is 13.1 Å². The summed E-state index contributed by atoms with van der Waals surface area (Å²) in [5.41, 5.74) is 2.59. The molecular weight excluding hydrogens is 394 g/mol. The molecule has 2 amide bonds. The Kier molecular flexibility index (Phi) is 7.89. The highest BCUT2D eigenvalue weighted by Crippen LogP contribution is 2.32. The van der Waals surface area contributed by atoms with E-state index in [1.807, 2.05) is 31.2 Å². The first-order valence-electron chi connectivity index (χ1n) is 10.8. The molecular formula is C24H31N3O4. The predicted molar refractivity (Wildman–Crippen MR) is 122 cm³/mol. The molecule has 2 N–H and O–H groups in total. The molecule has 1 aliphatic heterocycles. The van der Waals surface area contributed by atoms with Crippen molar-refractivity contribution in [3.8, 4) is 11.5 Å². The first kappa shape index (κ1) is 22.6. The fraction of sp³-hybridized carbons (Fsp3) is 0.417. The Morgan fingerprint density at radius 3 is 2.35 bits per heavy atom. The van der Waals surface area contributed by atoms with Crippen LogP contribution in [0, 0.1) is 0 Å². The van der Waals surface area contributed by atoms with Crippen molar-refractivity contribution in [3.05, 3.63) is 48.0 Å². The van der Waals surface area contributed by atoms with E-state index in [2.05, 4.69) is 24.5 Å². The van der Waals surface area contributed by atoms with Crippen LogP contribution in [0.3, 0.4) is 0 Å². The number of nitrogens with zero attached hydrogens (tertiary/aromatic N) is 1. The number of nitrogens with one attached hydrogen (secondary N) is 2. The van der Waals surface area contributed by atoms with Crippen LogP contribution in [0.4, 0.5) is 11.4 Å². The third-order valence-electron chi connectivity index (χ3n) is 5.39. The Balaban J connectivity index is 1.55. The molecule has 0 unspecified atom stereocenters. The predicted octanol–water partition coefficient (Wildman–Crippen LogP) is 3.87. The van der Waals surface area contributed by atoms with Crippen molar-refractivity contribution < 1.29 is 19.1 Å². The highest BCUT2D eigenvalue weighted by molar-refractivity contribution is 5.95. The number of rotatable bonds is 9. The number of ether oxygens (including phenoxy) is 2. The van der Waals surface area contributed by atoms with Crippen LogP contribution >= 0.6 is 0 Å². The zero-order valence-electron chi connectivity index (χ0n) is 18.4. The Hall–Kier alpha value is -3.06. The molecule has 2 aromatic carbocycles. The smallest absolute Gasteiger partial charge is 0.238 e. The van der Waals surface area contributed by atoms with E-state index >= 15 is 0 Å². The SMILES string of the molecule is CC[C@@H](C)c1ccccc1NC(=O)CN(CC)CC(=O)Nc1ccc2c(c1)OCCO2. The molecule has 0 fully saturated rings. The van der Waals surface area contributed by atoms with Gasteiger partial charge in [-0.25, -0.2) is 0 Å². The molecule has 1 heterocycles. The van der Waals surface area contributed by atoms with Gasteiger partial charge >= 0.3 is 0 Å². The quantitative estimate of drug-likeness (QED) is 0.638. The lowest BCUT2D eigenvalue weighted by atomic mass is 9.97. The van der Waals surface area contributed by atoms with E-state index in [9.17, 15) is 9.59 Å². The number of carbonyl (C=O) groups is 2. The number of hydrogen-bond donors (Lipinski definition) is 2. The monoisotopic (exact) mass is 425 g/mol. The number of para-hydroxylation sites is 1. The van der Waals surface area contributed by atoms with Gasteiger partial charge in [0.15, 0.2) is 11.5 Å². The summed E-state index contributed by atoms with van der Waals surface area (Å²) in [5.74, 6) is 1.33. The van der Waals surface area contributed by atoms with E-state index in [1.54, 1.807) is 23.1 Å². The molecule has 0 aromatic heterocycles. The van der Waals surface area contributed by atoms with E-state index in [0.29, 0.717) is 42.9 Å². The average Bonchev–Trinajstić information content (AvgIpc) is 2.78. The molecule has 1 aliphatic rings. The lowest BCUT2D eigenvalue weighted by molar-refractivity contribution is -0.119. The van der Waals surface area contributed by atoms with Crippen molar-refractivity contribution in [2.45, 2.75) is 33.1 Å². The summed E-state index contributed by atoms with van der Waals surface area (Å²) in [5, 5.41) is 5.87. The van der Waals surface area contributed by atoms with Gasteiger partial charge < -0.3 is 20.1 Å². The van der Waals surface area contributed by atoms with Crippen LogP contribution < -0.4 is 20.1 Å². The first-order chi connectivity index (χ1) is 15.0. The average molecular weight is 426 g/mol. The molecule has 2 aromatic rings. The van der Waals surface area contributed by atoms with Crippen LogP contribution in [-0.2, 0) is 9.59 Å². The second-order valence-corrected chi connectivity index (χ2v) is 7.65. The normalized spacial score (nSPS) is 13.5. The summed E-state index contributed by atoms with van der Waals surface area (Å²) in [6, 6.07) is 13.2. The van der Waals surface area contributed by atoms with Crippen LogP contribution in [0.5, 0.6) is 11.5 Å². The fourth-order valence-corrected chi connectivity index (χ4v) is 3.46. The van der Waals surface area contributed by atoms with Crippen LogP contribution in [-0.4, -0.2) is 49.6 Å². The van der Waals surface area contributed by atoms with Crippen molar-refractivity contribution in [2.75, 3.05) is 43.5 Å². The summed E-state index contributed by atoms with van der Waals surface area (Å²) in [6.45, 7) is 8.04. The lowest BCUT2D eigenvalue weighted by Gasteiger charge is -2.21. The lowest BCUT2D eigenvalue weighted by Crippen LogP contribution is -2.38. The molecule has 31 heavy (non-hydrogen) atoms. The summed E-state index contributed by atoms with van der Waals surface area (Å²) in [4.78, 5) is 26.9. The third-order valence-corrected chi connectivity index (χ3v) is 5.39. The molecule has 0 spiro atoms. The van der Waals surface area contributed by atoms with Gasteiger partial charge in [-0.2, -0.15) is 0 Å².